The highest BCUT2D eigenvalue weighted by molar-refractivity contribution is 5.76. The van der Waals surface area contributed by atoms with Crippen molar-refractivity contribution in [3.05, 3.63) is 35.4 Å². The van der Waals surface area contributed by atoms with Gasteiger partial charge in [-0.05, 0) is 25.8 Å². The molecule has 0 saturated heterocycles. The zero-order valence-corrected chi connectivity index (χ0v) is 9.86. The molecule has 0 aromatic heterocycles. The molecular formula is C13H19NO2. The second-order valence-corrected chi connectivity index (χ2v) is 4.14. The van der Waals surface area contributed by atoms with Crippen LogP contribution in [0.2, 0.25) is 0 Å². The minimum absolute atomic E-state index is 0.0125. The molecule has 88 valence electrons. The van der Waals surface area contributed by atoms with Gasteiger partial charge in [0.15, 0.2) is 0 Å². The van der Waals surface area contributed by atoms with E-state index in [-0.39, 0.29) is 5.91 Å². The minimum atomic E-state index is -0.483. The number of carbonyl (C=O) groups excluding carboxylic acids is 1. The zero-order valence-electron chi connectivity index (χ0n) is 9.86. The molecule has 0 bridgehead atoms. The van der Waals surface area contributed by atoms with Gasteiger partial charge in [-0.1, -0.05) is 29.8 Å². The molecular weight excluding hydrogens is 202 g/mol. The van der Waals surface area contributed by atoms with Crippen LogP contribution >= 0.6 is 0 Å². The Labute approximate surface area is 96.5 Å². The third-order valence-electron chi connectivity index (χ3n) is 2.36. The van der Waals surface area contributed by atoms with Crippen LogP contribution in [0.5, 0.6) is 0 Å². The van der Waals surface area contributed by atoms with Crippen molar-refractivity contribution in [1.29, 1.82) is 0 Å². The number of nitrogens with one attached hydrogen (secondary N) is 1. The van der Waals surface area contributed by atoms with Crippen LogP contribution in [0.3, 0.4) is 0 Å². The Hall–Kier alpha value is -1.35. The van der Waals surface area contributed by atoms with Gasteiger partial charge >= 0.3 is 0 Å². The first-order valence-corrected chi connectivity index (χ1v) is 5.58. The molecule has 0 spiro atoms. The van der Waals surface area contributed by atoms with Gasteiger partial charge in [-0.15, -0.1) is 0 Å². The van der Waals surface area contributed by atoms with E-state index >= 15 is 0 Å². The maximum Gasteiger partial charge on any atom is 0.220 e. The smallest absolute Gasteiger partial charge is 0.220 e. The van der Waals surface area contributed by atoms with Crippen molar-refractivity contribution < 1.29 is 9.90 Å². The molecule has 0 aliphatic carbocycles. The highest BCUT2D eigenvalue weighted by atomic mass is 16.3. The molecule has 1 rings (SSSR count). The van der Waals surface area contributed by atoms with Crippen LogP contribution in [0.4, 0.5) is 0 Å². The van der Waals surface area contributed by atoms with Crippen molar-refractivity contribution in [2.75, 3.05) is 6.54 Å². The predicted molar refractivity (Wildman–Crippen MR) is 64.2 cm³/mol. The number of aliphatic hydroxyl groups is 1. The van der Waals surface area contributed by atoms with Crippen molar-refractivity contribution in [2.45, 2.75) is 32.8 Å². The molecule has 1 amide bonds. The molecule has 0 saturated carbocycles. The summed E-state index contributed by atoms with van der Waals surface area (Å²) in [6, 6.07) is 8.17. The lowest BCUT2D eigenvalue weighted by Crippen LogP contribution is -2.30. The predicted octanol–water partition coefficient (Wildman–Crippen LogP) is 1.42. The highest BCUT2D eigenvalue weighted by Crippen LogP contribution is 2.05. The monoisotopic (exact) mass is 221 g/mol. The molecule has 0 unspecified atom stereocenters. The maximum absolute atomic E-state index is 11.4. The molecule has 0 radical (unpaired) electrons. The molecule has 0 heterocycles. The third-order valence-corrected chi connectivity index (χ3v) is 2.36. The van der Waals surface area contributed by atoms with Gasteiger partial charge in [-0.25, -0.2) is 0 Å². The number of hydrogen-bond donors (Lipinski definition) is 2. The van der Waals surface area contributed by atoms with Crippen LogP contribution in [0.1, 0.15) is 24.5 Å². The third kappa shape index (κ3) is 4.94. The van der Waals surface area contributed by atoms with Crippen molar-refractivity contribution in [3.63, 3.8) is 0 Å². The zero-order chi connectivity index (χ0) is 12.0. The fraction of sp³-hybridized carbons (Fsp3) is 0.462. The van der Waals surface area contributed by atoms with Crippen molar-refractivity contribution >= 4 is 5.91 Å². The quantitative estimate of drug-likeness (QED) is 0.790. The van der Waals surface area contributed by atoms with Gasteiger partial charge in [0.25, 0.3) is 0 Å². The van der Waals surface area contributed by atoms with Crippen LogP contribution in [0.15, 0.2) is 24.3 Å². The lowest BCUT2D eigenvalue weighted by molar-refractivity contribution is -0.121. The number of benzene rings is 1. The fourth-order valence-corrected chi connectivity index (χ4v) is 1.36. The second-order valence-electron chi connectivity index (χ2n) is 4.14. The summed E-state index contributed by atoms with van der Waals surface area (Å²) in [6.07, 6.45) is 0.727. The normalized spacial score (nSPS) is 12.2. The Morgan fingerprint density at radius 1 is 1.38 bits per heavy atom. The van der Waals surface area contributed by atoms with E-state index < -0.39 is 6.10 Å². The Kier molecular flexibility index (Phi) is 4.99. The van der Waals surface area contributed by atoms with E-state index in [0.717, 1.165) is 12.0 Å². The van der Waals surface area contributed by atoms with E-state index in [9.17, 15) is 4.79 Å². The topological polar surface area (TPSA) is 49.3 Å². The summed E-state index contributed by atoms with van der Waals surface area (Å²) in [5.41, 5.74) is 2.39. The number of hydrogen-bond acceptors (Lipinski definition) is 2. The first kappa shape index (κ1) is 12.7. The largest absolute Gasteiger partial charge is 0.392 e. The van der Waals surface area contributed by atoms with Crippen LogP contribution < -0.4 is 5.32 Å². The molecule has 3 nitrogen and oxygen atoms in total. The van der Waals surface area contributed by atoms with Crippen LogP contribution in [0.25, 0.3) is 0 Å². The average molecular weight is 221 g/mol. The molecule has 16 heavy (non-hydrogen) atoms. The standard InChI is InChI=1S/C13H19NO2/c1-10-3-5-12(6-4-10)7-8-13(16)14-9-11(2)15/h3-6,11,15H,7-9H2,1-2H3,(H,14,16)/t11-/m1/s1. The molecule has 0 fully saturated rings. The second kappa shape index (κ2) is 6.28. The Bertz CT molecular complexity index is 330. The summed E-state index contributed by atoms with van der Waals surface area (Å²) < 4.78 is 0. The SMILES string of the molecule is Cc1ccc(CCC(=O)NC[C@@H](C)O)cc1. The van der Waals surface area contributed by atoms with Crippen molar-refractivity contribution in [3.8, 4) is 0 Å². The van der Waals surface area contributed by atoms with E-state index in [4.69, 9.17) is 5.11 Å². The van der Waals surface area contributed by atoms with Crippen molar-refractivity contribution in [1.82, 2.24) is 5.32 Å². The van der Waals surface area contributed by atoms with Crippen LogP contribution in [-0.2, 0) is 11.2 Å². The molecule has 0 aliphatic heterocycles. The summed E-state index contributed by atoms with van der Waals surface area (Å²) in [5, 5.41) is 11.7. The van der Waals surface area contributed by atoms with Gasteiger partial charge < -0.3 is 10.4 Å². The van der Waals surface area contributed by atoms with Gasteiger partial charge in [0.1, 0.15) is 0 Å². The highest BCUT2D eigenvalue weighted by Gasteiger charge is 2.03. The number of carbonyl (C=O) groups is 1. The summed E-state index contributed by atoms with van der Waals surface area (Å²) in [5.74, 6) is -0.0125. The van der Waals surface area contributed by atoms with E-state index in [1.807, 2.05) is 31.2 Å². The number of rotatable bonds is 5. The summed E-state index contributed by atoms with van der Waals surface area (Å²) in [6.45, 7) is 4.02. The maximum atomic E-state index is 11.4. The lowest BCUT2D eigenvalue weighted by atomic mass is 10.1. The van der Waals surface area contributed by atoms with Gasteiger partial charge in [0.2, 0.25) is 5.91 Å². The van der Waals surface area contributed by atoms with Gasteiger partial charge in [0.05, 0.1) is 6.10 Å². The van der Waals surface area contributed by atoms with Gasteiger partial charge in [-0.3, -0.25) is 4.79 Å². The van der Waals surface area contributed by atoms with Gasteiger partial charge in [0, 0.05) is 13.0 Å². The minimum Gasteiger partial charge on any atom is -0.392 e. The summed E-state index contributed by atoms with van der Waals surface area (Å²) in [4.78, 5) is 11.4. The molecule has 1 atom stereocenters. The first-order chi connectivity index (χ1) is 7.58. The van der Waals surface area contributed by atoms with Crippen molar-refractivity contribution in [2.24, 2.45) is 0 Å². The first-order valence-electron chi connectivity index (χ1n) is 5.58. The van der Waals surface area contributed by atoms with E-state index in [0.29, 0.717) is 13.0 Å². The van der Waals surface area contributed by atoms with E-state index in [1.54, 1.807) is 6.92 Å². The number of aliphatic hydroxyl groups excluding tert-OH is 1. The molecule has 0 aliphatic rings. The molecule has 3 heteroatoms. The Morgan fingerprint density at radius 3 is 2.56 bits per heavy atom. The molecule has 1 aromatic rings. The van der Waals surface area contributed by atoms with Crippen LogP contribution in [-0.4, -0.2) is 23.7 Å². The fourth-order valence-electron chi connectivity index (χ4n) is 1.36. The Morgan fingerprint density at radius 2 is 2.00 bits per heavy atom. The molecule has 1 aromatic carbocycles. The number of amides is 1. The number of aryl methyl sites for hydroxylation is 2. The van der Waals surface area contributed by atoms with Gasteiger partial charge in [-0.2, -0.15) is 0 Å². The average Bonchev–Trinajstić information content (AvgIpc) is 2.25. The summed E-state index contributed by atoms with van der Waals surface area (Å²) >= 11 is 0. The van der Waals surface area contributed by atoms with E-state index in [2.05, 4.69) is 5.32 Å². The van der Waals surface area contributed by atoms with E-state index in [1.165, 1.54) is 5.56 Å². The lowest BCUT2D eigenvalue weighted by Gasteiger charge is -2.07. The van der Waals surface area contributed by atoms with Crippen LogP contribution in [0, 0.1) is 6.92 Å². The summed E-state index contributed by atoms with van der Waals surface area (Å²) in [7, 11) is 0. The Balaban J connectivity index is 2.29. The molecule has 2 N–H and O–H groups in total.